The monoisotopic (exact) mass is 945 g/mol. The highest BCUT2D eigenvalue weighted by Crippen LogP contribution is 2.31. The molecular weight excluding hydrogens is 913 g/mol. The van der Waals surface area contributed by atoms with Gasteiger partial charge in [0.2, 0.25) is 11.9 Å². The summed E-state index contributed by atoms with van der Waals surface area (Å²) in [6.07, 6.45) is 4.09. The molecule has 0 aliphatic carbocycles. The molecular formula is C36H33F6N9O11S2. The van der Waals surface area contributed by atoms with Crippen LogP contribution in [0.5, 0.6) is 11.5 Å². The molecule has 6 aromatic rings. The van der Waals surface area contributed by atoms with Crippen molar-refractivity contribution in [1.29, 1.82) is 0 Å². The minimum Gasteiger partial charge on any atom is -0.477 e. The number of hydrogen-bond donors (Lipinski definition) is 3. The van der Waals surface area contributed by atoms with Gasteiger partial charge in [-0.2, -0.15) is 35.8 Å². The number of ether oxygens (including phenoxy) is 1. The largest absolute Gasteiger partial charge is 0.477 e. The number of aliphatic hydroxyl groups is 1. The zero-order chi connectivity index (χ0) is 47.8. The number of aromatic nitrogens is 8. The van der Waals surface area contributed by atoms with Crippen molar-refractivity contribution in [1.82, 2.24) is 39.5 Å². The Morgan fingerprint density at radius 3 is 1.58 bits per heavy atom. The van der Waals surface area contributed by atoms with Gasteiger partial charge >= 0.3 is 32.3 Å². The van der Waals surface area contributed by atoms with Crippen LogP contribution in [0.15, 0.2) is 61.4 Å². The number of aromatic carboxylic acids is 1. The van der Waals surface area contributed by atoms with Gasteiger partial charge < -0.3 is 23.3 Å². The first-order valence-electron chi connectivity index (χ1n) is 17.4. The molecule has 0 aliphatic rings. The van der Waals surface area contributed by atoms with E-state index in [1.807, 2.05) is 0 Å². The molecule has 20 nitrogen and oxygen atoms in total. The average molecular weight is 946 g/mol. The summed E-state index contributed by atoms with van der Waals surface area (Å²) in [6, 6.07) is 3.38. The molecule has 342 valence electrons. The van der Waals surface area contributed by atoms with Crippen molar-refractivity contribution in [3.63, 3.8) is 0 Å². The van der Waals surface area contributed by atoms with Gasteiger partial charge in [-0.15, -0.1) is 0 Å². The maximum atomic E-state index is 14.5. The number of halogens is 6. The first-order chi connectivity index (χ1) is 29.7. The Hall–Kier alpha value is -7.20. The van der Waals surface area contributed by atoms with Crippen LogP contribution in [0.25, 0.3) is 22.5 Å². The summed E-state index contributed by atoms with van der Waals surface area (Å²) in [6.45, 7) is 2.66. The number of carboxylic acids is 1. The Bertz CT molecular complexity index is 2920. The Labute approximate surface area is 358 Å². The molecule has 2 atom stereocenters. The number of hydrogen-bond acceptors (Lipinski definition) is 16. The van der Waals surface area contributed by atoms with Gasteiger partial charge in [0.1, 0.15) is 34.9 Å². The summed E-state index contributed by atoms with van der Waals surface area (Å²) in [5.74, 6) is -7.13. The summed E-state index contributed by atoms with van der Waals surface area (Å²) in [5, 5.41) is 28.0. The first-order valence-corrected chi connectivity index (χ1v) is 21.0. The van der Waals surface area contributed by atoms with Crippen LogP contribution in [0.4, 0.5) is 37.0 Å². The van der Waals surface area contributed by atoms with Gasteiger partial charge in [-0.3, -0.25) is 14.7 Å². The second kappa shape index (κ2) is 20.3. The summed E-state index contributed by atoms with van der Waals surface area (Å²) in [5.41, 5.74) is -1.14. The standard InChI is InChI=1S/C18H16F3N5O5S.C11H10FN3O5S.C7H7F2NO/c1-9(12-4-10(19)6-23-16(12)21)30-18(27)25-17-13(8-24-26(17)2)15-14(20)5-11(7-22-15)31-32(3,28)29;1-15-10(11(16)17)7(5-14-15)9-8(12)3-6(4-13-9)20-21(2,18)19;1-4(11)6-2-5(8)3-10-7(6)9/h4-9H,1-3H3,(H,25,27);3-5H,1-2H3,(H,16,17);2-4,11H,1H3/t9-;;4-/m1.1/s1. The predicted molar refractivity (Wildman–Crippen MR) is 208 cm³/mol. The van der Waals surface area contributed by atoms with E-state index in [0.29, 0.717) is 6.20 Å². The number of amides is 1. The van der Waals surface area contributed by atoms with Crippen LogP contribution in [0.3, 0.4) is 0 Å². The van der Waals surface area contributed by atoms with Crippen molar-refractivity contribution in [2.75, 3.05) is 17.8 Å². The molecule has 0 bridgehead atoms. The van der Waals surface area contributed by atoms with Crippen LogP contribution in [0.2, 0.25) is 0 Å². The summed E-state index contributed by atoms with van der Waals surface area (Å²) < 4.78 is 141. The lowest BCUT2D eigenvalue weighted by Crippen LogP contribution is -2.19. The summed E-state index contributed by atoms with van der Waals surface area (Å²) >= 11 is 0. The highest BCUT2D eigenvalue weighted by molar-refractivity contribution is 7.86. The summed E-state index contributed by atoms with van der Waals surface area (Å²) in [4.78, 5) is 37.3. The lowest BCUT2D eigenvalue weighted by atomic mass is 10.1. The van der Waals surface area contributed by atoms with Crippen molar-refractivity contribution >= 4 is 38.1 Å². The van der Waals surface area contributed by atoms with Gasteiger partial charge in [-0.1, -0.05) is 0 Å². The SMILES string of the molecule is C[C@@H](O)c1cc(F)cnc1F.C[C@@H](OC(=O)Nc1c(-c2ncc(OS(C)(=O)=O)cc2F)cnn1C)c1cc(F)cnc1F.Cn1ncc(-c2ncc(OS(C)(=O)=O)cc2F)c1C(=O)O. The number of nitrogens with one attached hydrogen (secondary N) is 1. The smallest absolute Gasteiger partial charge is 0.413 e. The third-order valence-corrected chi connectivity index (χ3v) is 8.77. The van der Waals surface area contributed by atoms with Gasteiger partial charge in [0.15, 0.2) is 28.8 Å². The van der Waals surface area contributed by atoms with Crippen LogP contribution >= 0.6 is 0 Å². The zero-order valence-electron chi connectivity index (χ0n) is 33.7. The molecule has 0 aromatic carbocycles. The molecule has 6 rings (SSSR count). The highest BCUT2D eigenvalue weighted by atomic mass is 32.2. The van der Waals surface area contributed by atoms with Gasteiger partial charge in [-0.05, 0) is 26.0 Å². The molecule has 1 amide bonds. The second-order valence-electron chi connectivity index (χ2n) is 12.9. The molecule has 0 aliphatic heterocycles. The lowest BCUT2D eigenvalue weighted by Gasteiger charge is -2.15. The van der Waals surface area contributed by atoms with E-state index in [4.69, 9.17) is 14.9 Å². The molecule has 0 saturated carbocycles. The first kappa shape index (κ1) is 49.5. The van der Waals surface area contributed by atoms with Crippen molar-refractivity contribution in [2.24, 2.45) is 14.1 Å². The van der Waals surface area contributed by atoms with Gasteiger partial charge in [-0.25, -0.2) is 47.1 Å². The van der Waals surface area contributed by atoms with E-state index < -0.39 is 79.7 Å². The van der Waals surface area contributed by atoms with Crippen molar-refractivity contribution in [2.45, 2.75) is 26.1 Å². The normalized spacial score (nSPS) is 12.1. The number of pyridine rings is 4. The molecule has 6 heterocycles. The van der Waals surface area contributed by atoms with Crippen LogP contribution < -0.4 is 13.7 Å². The van der Waals surface area contributed by atoms with Crippen LogP contribution in [0, 0.1) is 35.2 Å². The number of anilines is 1. The summed E-state index contributed by atoms with van der Waals surface area (Å²) in [7, 11) is -4.85. The van der Waals surface area contributed by atoms with Crippen molar-refractivity contribution < 1.29 is 76.1 Å². The minimum atomic E-state index is -3.88. The van der Waals surface area contributed by atoms with Gasteiger partial charge in [0, 0.05) is 31.8 Å². The number of carboxylic acid groups (broad SMARTS) is 1. The molecule has 0 radical (unpaired) electrons. The molecule has 64 heavy (non-hydrogen) atoms. The fourth-order valence-electron chi connectivity index (χ4n) is 5.11. The second-order valence-corrected chi connectivity index (χ2v) is 16.0. The van der Waals surface area contributed by atoms with E-state index in [9.17, 15) is 52.8 Å². The van der Waals surface area contributed by atoms with Crippen molar-refractivity contribution in [3.8, 4) is 34.0 Å². The van der Waals surface area contributed by atoms with E-state index >= 15 is 0 Å². The predicted octanol–water partition coefficient (Wildman–Crippen LogP) is 5.01. The topological polar surface area (TPSA) is 270 Å². The Kier molecular flexibility index (Phi) is 15.7. The molecule has 0 unspecified atom stereocenters. The number of carbonyl (C=O) groups is 2. The van der Waals surface area contributed by atoms with E-state index in [0.717, 1.165) is 66.2 Å². The molecule has 0 saturated heterocycles. The molecule has 0 fully saturated rings. The van der Waals surface area contributed by atoms with E-state index in [-0.39, 0.29) is 56.7 Å². The third-order valence-electron chi connectivity index (χ3n) is 7.78. The number of aliphatic hydroxyl groups excluding tert-OH is 1. The average Bonchev–Trinajstić information content (AvgIpc) is 3.74. The number of aryl methyl sites for hydroxylation is 2. The maximum Gasteiger partial charge on any atom is 0.413 e. The highest BCUT2D eigenvalue weighted by Gasteiger charge is 2.24. The lowest BCUT2D eigenvalue weighted by molar-refractivity contribution is 0.0685. The van der Waals surface area contributed by atoms with Crippen LogP contribution in [-0.2, 0) is 39.1 Å². The minimum absolute atomic E-state index is 0.0200. The van der Waals surface area contributed by atoms with Crippen LogP contribution in [0.1, 0.15) is 47.7 Å². The number of rotatable bonds is 11. The molecule has 28 heteroatoms. The Balaban J connectivity index is 0.000000239. The van der Waals surface area contributed by atoms with Crippen LogP contribution in [-0.4, -0.2) is 91.1 Å². The van der Waals surface area contributed by atoms with E-state index in [1.165, 1.54) is 38.8 Å². The fraction of sp³-hybridized carbons (Fsp3) is 0.222. The van der Waals surface area contributed by atoms with Gasteiger partial charge in [0.05, 0.1) is 72.5 Å². The molecule has 6 aromatic heterocycles. The Morgan fingerprint density at radius 2 is 1.12 bits per heavy atom. The molecule has 3 N–H and O–H groups in total. The fourth-order valence-corrected chi connectivity index (χ4v) is 5.99. The number of nitrogens with zero attached hydrogens (tertiary/aromatic N) is 8. The maximum absolute atomic E-state index is 14.5. The number of carbonyl (C=O) groups excluding carboxylic acids is 1. The van der Waals surface area contributed by atoms with Crippen molar-refractivity contribution in [3.05, 3.63) is 113 Å². The zero-order valence-corrected chi connectivity index (χ0v) is 35.3. The van der Waals surface area contributed by atoms with Gasteiger partial charge in [0.25, 0.3) is 0 Å². The quantitative estimate of drug-likeness (QED) is 0.0875. The molecule has 0 spiro atoms. The Morgan fingerprint density at radius 1 is 0.672 bits per heavy atom. The van der Waals surface area contributed by atoms with E-state index in [1.54, 1.807) is 0 Å². The van der Waals surface area contributed by atoms with E-state index in [2.05, 4.69) is 43.8 Å². The third kappa shape index (κ3) is 13.4.